The van der Waals surface area contributed by atoms with Crippen LogP contribution in [0, 0.1) is 6.92 Å². The molecule has 150 valence electrons. The Morgan fingerprint density at radius 1 is 1.24 bits per heavy atom. The molecule has 7 nitrogen and oxygen atoms in total. The minimum Gasteiger partial charge on any atom is -0.382 e. The number of nitrogens with two attached hydrogens (primary N) is 1. The molecular weight excluding hydrogens is 384 g/mol. The van der Waals surface area contributed by atoms with Gasteiger partial charge in [0.05, 0.1) is 18.1 Å². The zero-order chi connectivity index (χ0) is 20.7. The van der Waals surface area contributed by atoms with Crippen LogP contribution >= 0.6 is 11.3 Å². The molecule has 0 saturated heterocycles. The molecule has 0 bridgehead atoms. The number of likely N-dealkylation sites (N-methyl/N-ethyl adjacent to an activating group) is 1. The Morgan fingerprint density at radius 3 is 2.79 bits per heavy atom. The standard InChI is InChI=1S/C21H24N6OS/c1-12-7-13(8-14-11-27(4)6-5-15(12)14)16-9-23-19(22)18(25-16)20-24-10-17(29-20)21(28)26(2)3/h7-10H,5-6,11H2,1-4H3,(H2,22,23). The zero-order valence-electron chi connectivity index (χ0n) is 17.1. The number of anilines is 1. The van der Waals surface area contributed by atoms with Gasteiger partial charge >= 0.3 is 0 Å². The van der Waals surface area contributed by atoms with Gasteiger partial charge in [0.2, 0.25) is 0 Å². The molecule has 0 saturated carbocycles. The van der Waals surface area contributed by atoms with Crippen molar-refractivity contribution in [2.24, 2.45) is 0 Å². The minimum atomic E-state index is -0.0918. The first-order chi connectivity index (χ1) is 13.8. The maximum absolute atomic E-state index is 12.2. The van der Waals surface area contributed by atoms with Crippen molar-refractivity contribution in [3.63, 3.8) is 0 Å². The summed E-state index contributed by atoms with van der Waals surface area (Å²) in [5.74, 6) is 0.215. The van der Waals surface area contributed by atoms with Gasteiger partial charge in [-0.05, 0) is 49.2 Å². The van der Waals surface area contributed by atoms with E-state index < -0.39 is 0 Å². The number of carbonyl (C=O) groups is 1. The summed E-state index contributed by atoms with van der Waals surface area (Å²) >= 11 is 1.28. The van der Waals surface area contributed by atoms with Crippen molar-refractivity contribution in [1.29, 1.82) is 0 Å². The molecular formula is C21H24N6OS. The third-order valence-electron chi connectivity index (χ3n) is 5.17. The molecule has 3 aromatic rings. The van der Waals surface area contributed by atoms with Crippen LogP contribution in [0.5, 0.6) is 0 Å². The molecule has 0 radical (unpaired) electrons. The summed E-state index contributed by atoms with van der Waals surface area (Å²) in [6, 6.07) is 4.36. The summed E-state index contributed by atoms with van der Waals surface area (Å²) in [4.78, 5) is 30.1. The number of benzene rings is 1. The summed E-state index contributed by atoms with van der Waals surface area (Å²) in [5.41, 5.74) is 12.4. The number of nitrogens with zero attached hydrogens (tertiary/aromatic N) is 5. The Bertz CT molecular complexity index is 1090. The number of hydrogen-bond donors (Lipinski definition) is 1. The van der Waals surface area contributed by atoms with Crippen molar-refractivity contribution in [2.75, 3.05) is 33.4 Å². The van der Waals surface area contributed by atoms with E-state index in [0.29, 0.717) is 21.4 Å². The van der Waals surface area contributed by atoms with Gasteiger partial charge in [0.15, 0.2) is 5.82 Å². The smallest absolute Gasteiger partial charge is 0.265 e. The predicted octanol–water partition coefficient (Wildman–Crippen LogP) is 2.85. The van der Waals surface area contributed by atoms with Crippen molar-refractivity contribution >= 4 is 23.1 Å². The molecule has 1 aromatic carbocycles. The van der Waals surface area contributed by atoms with Crippen LogP contribution in [0.3, 0.4) is 0 Å². The number of hydrogen-bond acceptors (Lipinski definition) is 7. The summed E-state index contributed by atoms with van der Waals surface area (Å²) < 4.78 is 0. The molecule has 8 heteroatoms. The topological polar surface area (TPSA) is 88.2 Å². The monoisotopic (exact) mass is 408 g/mol. The lowest BCUT2D eigenvalue weighted by molar-refractivity contribution is 0.0832. The Morgan fingerprint density at radius 2 is 2.03 bits per heavy atom. The Balaban J connectivity index is 1.74. The van der Waals surface area contributed by atoms with E-state index in [2.05, 4.69) is 41.0 Å². The van der Waals surface area contributed by atoms with Crippen LogP contribution in [0.2, 0.25) is 0 Å². The highest BCUT2D eigenvalue weighted by atomic mass is 32.1. The lowest BCUT2D eigenvalue weighted by Gasteiger charge is -2.27. The third kappa shape index (κ3) is 3.73. The van der Waals surface area contributed by atoms with E-state index in [0.717, 1.165) is 30.8 Å². The number of aryl methyl sites for hydroxylation is 1. The van der Waals surface area contributed by atoms with Crippen LogP contribution in [-0.4, -0.2) is 58.3 Å². The zero-order valence-corrected chi connectivity index (χ0v) is 17.9. The second-order valence-electron chi connectivity index (χ2n) is 7.64. The molecule has 4 rings (SSSR count). The van der Waals surface area contributed by atoms with Gasteiger partial charge in [0.25, 0.3) is 5.91 Å². The van der Waals surface area contributed by atoms with E-state index >= 15 is 0 Å². The van der Waals surface area contributed by atoms with Crippen LogP contribution in [0.25, 0.3) is 22.0 Å². The number of fused-ring (bicyclic) bond motifs is 1. The first-order valence-electron chi connectivity index (χ1n) is 9.45. The van der Waals surface area contributed by atoms with Crippen molar-refractivity contribution in [1.82, 2.24) is 24.8 Å². The highest BCUT2D eigenvalue weighted by Gasteiger charge is 2.19. The molecule has 0 unspecified atom stereocenters. The van der Waals surface area contributed by atoms with Gasteiger partial charge < -0.3 is 15.5 Å². The first kappa shape index (κ1) is 19.5. The number of nitrogen functional groups attached to an aromatic ring is 1. The minimum absolute atomic E-state index is 0.0918. The fraction of sp³-hybridized carbons (Fsp3) is 0.333. The highest BCUT2D eigenvalue weighted by Crippen LogP contribution is 2.32. The summed E-state index contributed by atoms with van der Waals surface area (Å²) in [7, 11) is 5.57. The van der Waals surface area contributed by atoms with Gasteiger partial charge in [-0.3, -0.25) is 4.79 Å². The molecule has 2 N–H and O–H groups in total. The van der Waals surface area contributed by atoms with Crippen LogP contribution in [0.15, 0.2) is 24.5 Å². The quantitative estimate of drug-likeness (QED) is 0.717. The van der Waals surface area contributed by atoms with Gasteiger partial charge in [-0.15, -0.1) is 11.3 Å². The number of rotatable bonds is 3. The van der Waals surface area contributed by atoms with Crippen LogP contribution < -0.4 is 5.73 Å². The molecule has 1 aliphatic rings. The fourth-order valence-electron chi connectivity index (χ4n) is 3.61. The lowest BCUT2D eigenvalue weighted by atomic mass is 9.92. The van der Waals surface area contributed by atoms with E-state index in [1.165, 1.54) is 32.9 Å². The lowest BCUT2D eigenvalue weighted by Crippen LogP contribution is -2.27. The van der Waals surface area contributed by atoms with Crippen molar-refractivity contribution in [3.8, 4) is 22.0 Å². The van der Waals surface area contributed by atoms with E-state index in [1.807, 2.05) is 0 Å². The van der Waals surface area contributed by atoms with E-state index in [1.54, 1.807) is 26.5 Å². The van der Waals surface area contributed by atoms with Crippen LogP contribution in [-0.2, 0) is 13.0 Å². The highest BCUT2D eigenvalue weighted by molar-refractivity contribution is 7.16. The number of amides is 1. The SMILES string of the molecule is Cc1cc(-c2cnc(N)c(-c3ncc(C(=O)N(C)C)s3)n2)cc2c1CCN(C)C2. The Labute approximate surface area is 174 Å². The Kier molecular flexibility index (Phi) is 5.06. The average molecular weight is 409 g/mol. The molecule has 0 atom stereocenters. The second-order valence-corrected chi connectivity index (χ2v) is 8.67. The maximum atomic E-state index is 12.2. The maximum Gasteiger partial charge on any atom is 0.265 e. The number of carbonyl (C=O) groups excluding carboxylic acids is 1. The summed E-state index contributed by atoms with van der Waals surface area (Å²) in [5, 5.41) is 0.594. The average Bonchev–Trinajstić information content (AvgIpc) is 3.17. The molecule has 29 heavy (non-hydrogen) atoms. The van der Waals surface area contributed by atoms with E-state index in [4.69, 9.17) is 10.7 Å². The van der Waals surface area contributed by atoms with Gasteiger partial charge in [0, 0.05) is 32.7 Å². The summed E-state index contributed by atoms with van der Waals surface area (Å²) in [6.45, 7) is 4.16. The van der Waals surface area contributed by atoms with Gasteiger partial charge in [-0.25, -0.2) is 15.0 Å². The first-order valence-corrected chi connectivity index (χ1v) is 10.3. The van der Waals surface area contributed by atoms with Crippen molar-refractivity contribution in [3.05, 3.63) is 46.1 Å². The molecule has 0 fully saturated rings. The molecule has 3 heterocycles. The Hall–Kier alpha value is -2.84. The third-order valence-corrected chi connectivity index (χ3v) is 6.16. The molecule has 0 spiro atoms. The molecule has 2 aromatic heterocycles. The van der Waals surface area contributed by atoms with Crippen molar-refractivity contribution in [2.45, 2.75) is 19.9 Å². The second kappa shape index (κ2) is 7.53. The van der Waals surface area contributed by atoms with E-state index in [9.17, 15) is 4.79 Å². The normalized spacial score (nSPS) is 13.9. The number of aromatic nitrogens is 3. The van der Waals surface area contributed by atoms with Crippen LogP contribution in [0.1, 0.15) is 26.4 Å². The molecule has 1 aliphatic heterocycles. The van der Waals surface area contributed by atoms with Crippen LogP contribution in [0.4, 0.5) is 5.82 Å². The number of thiazole rings is 1. The van der Waals surface area contributed by atoms with Gasteiger partial charge in [-0.2, -0.15) is 0 Å². The predicted molar refractivity (Wildman–Crippen MR) is 116 cm³/mol. The fourth-order valence-corrected chi connectivity index (χ4v) is 4.54. The van der Waals surface area contributed by atoms with Crippen molar-refractivity contribution < 1.29 is 4.79 Å². The molecule has 0 aliphatic carbocycles. The van der Waals surface area contributed by atoms with Gasteiger partial charge in [-0.1, -0.05) is 0 Å². The van der Waals surface area contributed by atoms with Gasteiger partial charge in [0.1, 0.15) is 15.6 Å². The molecule has 1 amide bonds. The van der Waals surface area contributed by atoms with E-state index in [-0.39, 0.29) is 5.91 Å². The summed E-state index contributed by atoms with van der Waals surface area (Å²) in [6.07, 6.45) is 4.33. The largest absolute Gasteiger partial charge is 0.382 e.